The van der Waals surface area contributed by atoms with Gasteiger partial charge in [-0.25, -0.2) is 0 Å². The zero-order chi connectivity index (χ0) is 12.2. The van der Waals surface area contributed by atoms with Crippen molar-refractivity contribution in [3.63, 3.8) is 0 Å². The van der Waals surface area contributed by atoms with E-state index < -0.39 is 0 Å². The monoisotopic (exact) mass is 228 g/mol. The number of nitrogens with one attached hydrogen (secondary N) is 2. The standard InChI is InChI=1S/C15H20N2/c1-9-7-10(2)13-11-5-6-16-15(3,4)14(11)17-12(13)8-9/h7-8,16-17H,5-6H2,1-4H3. The van der Waals surface area contributed by atoms with E-state index in [1.807, 2.05) is 0 Å². The first kappa shape index (κ1) is 10.8. The van der Waals surface area contributed by atoms with Gasteiger partial charge in [0, 0.05) is 23.1 Å². The first-order valence-electron chi connectivity index (χ1n) is 6.36. The lowest BCUT2D eigenvalue weighted by atomic mass is 9.89. The number of rotatable bonds is 0. The molecule has 0 fully saturated rings. The van der Waals surface area contributed by atoms with E-state index >= 15 is 0 Å². The van der Waals surface area contributed by atoms with Crippen molar-refractivity contribution >= 4 is 10.9 Å². The summed E-state index contributed by atoms with van der Waals surface area (Å²) in [6.07, 6.45) is 1.13. The Bertz CT molecular complexity index is 590. The van der Waals surface area contributed by atoms with Crippen LogP contribution in [0, 0.1) is 13.8 Å². The van der Waals surface area contributed by atoms with Gasteiger partial charge in [-0.2, -0.15) is 0 Å². The fourth-order valence-corrected chi connectivity index (χ4v) is 3.17. The van der Waals surface area contributed by atoms with E-state index in [1.165, 1.54) is 33.3 Å². The second-order valence-electron chi connectivity index (χ2n) is 5.78. The van der Waals surface area contributed by atoms with Crippen LogP contribution in [0.25, 0.3) is 10.9 Å². The summed E-state index contributed by atoms with van der Waals surface area (Å²) < 4.78 is 0. The lowest BCUT2D eigenvalue weighted by molar-refractivity contribution is 0.374. The number of fused-ring (bicyclic) bond motifs is 3. The highest BCUT2D eigenvalue weighted by Crippen LogP contribution is 2.35. The van der Waals surface area contributed by atoms with Crippen molar-refractivity contribution in [2.24, 2.45) is 0 Å². The number of hydrogen-bond acceptors (Lipinski definition) is 1. The molecule has 0 atom stereocenters. The van der Waals surface area contributed by atoms with E-state index in [2.05, 4.69) is 50.1 Å². The highest BCUT2D eigenvalue weighted by atomic mass is 15.0. The van der Waals surface area contributed by atoms with Gasteiger partial charge < -0.3 is 10.3 Å². The molecular formula is C15H20N2. The molecule has 17 heavy (non-hydrogen) atoms. The first-order chi connectivity index (χ1) is 7.99. The summed E-state index contributed by atoms with van der Waals surface area (Å²) in [6, 6.07) is 4.54. The number of benzene rings is 1. The van der Waals surface area contributed by atoms with Crippen LogP contribution in [0.1, 0.15) is 36.2 Å². The molecule has 0 saturated heterocycles. The summed E-state index contributed by atoms with van der Waals surface area (Å²) in [5.41, 5.74) is 6.97. The van der Waals surface area contributed by atoms with Crippen LogP contribution in [-0.4, -0.2) is 11.5 Å². The predicted molar refractivity (Wildman–Crippen MR) is 72.5 cm³/mol. The molecule has 1 aromatic heterocycles. The van der Waals surface area contributed by atoms with Gasteiger partial charge in [0.05, 0.1) is 5.54 Å². The van der Waals surface area contributed by atoms with Gasteiger partial charge in [0.2, 0.25) is 0 Å². The lowest BCUT2D eigenvalue weighted by Crippen LogP contribution is -2.42. The van der Waals surface area contributed by atoms with Crippen molar-refractivity contribution in [1.29, 1.82) is 0 Å². The largest absolute Gasteiger partial charge is 0.357 e. The average Bonchev–Trinajstić information content (AvgIpc) is 2.57. The lowest BCUT2D eigenvalue weighted by Gasteiger charge is -2.31. The molecule has 2 heterocycles. The second-order valence-corrected chi connectivity index (χ2v) is 5.78. The molecule has 1 aromatic carbocycles. The van der Waals surface area contributed by atoms with E-state index in [-0.39, 0.29) is 5.54 Å². The number of aromatic amines is 1. The van der Waals surface area contributed by atoms with E-state index in [9.17, 15) is 0 Å². The van der Waals surface area contributed by atoms with Crippen molar-refractivity contribution in [2.45, 2.75) is 39.7 Å². The molecule has 2 aromatic rings. The quantitative estimate of drug-likeness (QED) is 0.712. The maximum absolute atomic E-state index is 3.63. The van der Waals surface area contributed by atoms with Crippen LogP contribution in [-0.2, 0) is 12.0 Å². The Morgan fingerprint density at radius 3 is 2.71 bits per heavy atom. The Hall–Kier alpha value is -1.28. The van der Waals surface area contributed by atoms with Crippen molar-refractivity contribution in [1.82, 2.24) is 10.3 Å². The molecule has 0 spiro atoms. The average molecular weight is 228 g/mol. The van der Waals surface area contributed by atoms with Crippen molar-refractivity contribution in [2.75, 3.05) is 6.54 Å². The van der Waals surface area contributed by atoms with Crippen LogP contribution in [0.15, 0.2) is 12.1 Å². The zero-order valence-corrected chi connectivity index (χ0v) is 11.1. The van der Waals surface area contributed by atoms with Gasteiger partial charge in [-0.15, -0.1) is 0 Å². The van der Waals surface area contributed by atoms with E-state index in [1.54, 1.807) is 0 Å². The van der Waals surface area contributed by atoms with Gasteiger partial charge in [-0.3, -0.25) is 0 Å². The smallest absolute Gasteiger partial charge is 0.0532 e. The minimum absolute atomic E-state index is 0.0624. The third kappa shape index (κ3) is 1.51. The Labute approximate surface area is 102 Å². The van der Waals surface area contributed by atoms with Crippen molar-refractivity contribution in [3.8, 4) is 0 Å². The summed E-state index contributed by atoms with van der Waals surface area (Å²) >= 11 is 0. The Morgan fingerprint density at radius 2 is 1.94 bits per heavy atom. The summed E-state index contributed by atoms with van der Waals surface area (Å²) in [5, 5.41) is 5.02. The van der Waals surface area contributed by atoms with Gasteiger partial charge in [-0.05, 0) is 56.9 Å². The van der Waals surface area contributed by atoms with E-state index in [0.717, 1.165) is 13.0 Å². The molecular weight excluding hydrogens is 208 g/mol. The molecule has 2 N–H and O–H groups in total. The van der Waals surface area contributed by atoms with Gasteiger partial charge in [0.1, 0.15) is 0 Å². The highest BCUT2D eigenvalue weighted by Gasteiger charge is 2.30. The summed E-state index contributed by atoms with van der Waals surface area (Å²) in [7, 11) is 0. The van der Waals surface area contributed by atoms with Gasteiger partial charge in [0.15, 0.2) is 0 Å². The van der Waals surface area contributed by atoms with Gasteiger partial charge >= 0.3 is 0 Å². The molecule has 0 aliphatic carbocycles. The second kappa shape index (κ2) is 3.36. The number of H-pyrrole nitrogens is 1. The molecule has 0 amide bonds. The van der Waals surface area contributed by atoms with Crippen LogP contribution in [0.3, 0.4) is 0 Å². The number of aromatic nitrogens is 1. The first-order valence-corrected chi connectivity index (χ1v) is 6.36. The highest BCUT2D eigenvalue weighted by molar-refractivity contribution is 5.89. The normalized spacial score (nSPS) is 18.4. The Kier molecular flexibility index (Phi) is 2.14. The fraction of sp³-hybridized carbons (Fsp3) is 0.467. The van der Waals surface area contributed by atoms with Crippen LogP contribution in [0.2, 0.25) is 0 Å². The molecule has 3 rings (SSSR count). The van der Waals surface area contributed by atoms with E-state index in [0.29, 0.717) is 0 Å². The van der Waals surface area contributed by atoms with Crippen LogP contribution in [0.4, 0.5) is 0 Å². The number of aryl methyl sites for hydroxylation is 2. The molecule has 0 unspecified atom stereocenters. The van der Waals surface area contributed by atoms with Crippen LogP contribution in [0.5, 0.6) is 0 Å². The molecule has 1 aliphatic heterocycles. The summed E-state index contributed by atoms with van der Waals surface area (Å²) in [4.78, 5) is 3.63. The topological polar surface area (TPSA) is 27.8 Å². The van der Waals surface area contributed by atoms with Crippen LogP contribution >= 0.6 is 0 Å². The number of hydrogen-bond donors (Lipinski definition) is 2. The third-order valence-corrected chi connectivity index (χ3v) is 3.91. The predicted octanol–water partition coefficient (Wildman–Crippen LogP) is 3.17. The molecule has 2 heteroatoms. The minimum Gasteiger partial charge on any atom is -0.357 e. The molecule has 1 aliphatic rings. The molecule has 90 valence electrons. The molecule has 0 bridgehead atoms. The Morgan fingerprint density at radius 1 is 1.18 bits per heavy atom. The van der Waals surface area contributed by atoms with Crippen LogP contribution < -0.4 is 5.32 Å². The van der Waals surface area contributed by atoms with E-state index in [4.69, 9.17) is 0 Å². The summed E-state index contributed by atoms with van der Waals surface area (Å²) in [6.45, 7) is 9.96. The summed E-state index contributed by atoms with van der Waals surface area (Å²) in [5.74, 6) is 0. The van der Waals surface area contributed by atoms with Crippen molar-refractivity contribution < 1.29 is 0 Å². The fourth-order valence-electron chi connectivity index (χ4n) is 3.17. The SMILES string of the molecule is Cc1cc(C)c2c3c([nH]c2c1)C(C)(C)NCC3. The molecule has 0 saturated carbocycles. The zero-order valence-electron chi connectivity index (χ0n) is 11.1. The van der Waals surface area contributed by atoms with Gasteiger partial charge in [-0.1, -0.05) is 6.07 Å². The van der Waals surface area contributed by atoms with Gasteiger partial charge in [0.25, 0.3) is 0 Å². The maximum atomic E-state index is 3.63. The third-order valence-electron chi connectivity index (χ3n) is 3.91. The minimum atomic E-state index is 0.0624. The Balaban J connectivity index is 2.38. The van der Waals surface area contributed by atoms with Crippen molar-refractivity contribution in [3.05, 3.63) is 34.5 Å². The molecule has 0 radical (unpaired) electrons. The molecule has 2 nitrogen and oxygen atoms in total. The maximum Gasteiger partial charge on any atom is 0.0532 e.